The Kier molecular flexibility index (Phi) is 4.57. The molecule has 0 saturated carbocycles. The highest BCUT2D eigenvalue weighted by atomic mass is 35.5. The Balaban J connectivity index is 1.69. The van der Waals surface area contributed by atoms with E-state index in [1.807, 2.05) is 18.3 Å². The first-order valence-electron chi connectivity index (χ1n) is 5.89. The summed E-state index contributed by atoms with van der Waals surface area (Å²) in [5.41, 5.74) is 1.18. The van der Waals surface area contributed by atoms with E-state index in [2.05, 4.69) is 15.6 Å². The fourth-order valence-electron chi connectivity index (χ4n) is 2.00. The summed E-state index contributed by atoms with van der Waals surface area (Å²) in [6, 6.07) is 4.47. The molecule has 1 aromatic heterocycles. The molecule has 1 aromatic rings. The molecule has 1 fully saturated rings. The van der Waals surface area contributed by atoms with Crippen LogP contribution in [0.2, 0.25) is 5.15 Å². The van der Waals surface area contributed by atoms with E-state index in [1.54, 1.807) is 0 Å². The minimum absolute atomic E-state index is 0.553. The second-order valence-corrected chi connectivity index (χ2v) is 4.65. The van der Waals surface area contributed by atoms with Crippen LogP contribution in [0.15, 0.2) is 18.3 Å². The van der Waals surface area contributed by atoms with E-state index in [0.717, 1.165) is 19.6 Å². The first-order valence-corrected chi connectivity index (χ1v) is 6.27. The molecule has 0 unspecified atom stereocenters. The molecule has 88 valence electrons. The first-order chi connectivity index (χ1) is 7.84. The lowest BCUT2D eigenvalue weighted by molar-refractivity contribution is 0.383. The zero-order valence-corrected chi connectivity index (χ0v) is 10.1. The van der Waals surface area contributed by atoms with Gasteiger partial charge in [-0.25, -0.2) is 4.98 Å². The molecule has 1 aliphatic heterocycles. The lowest BCUT2D eigenvalue weighted by Crippen LogP contribution is -2.41. The summed E-state index contributed by atoms with van der Waals surface area (Å²) in [5, 5.41) is 7.51. The minimum Gasteiger partial charge on any atom is -0.313 e. The van der Waals surface area contributed by atoms with Crippen molar-refractivity contribution in [1.29, 1.82) is 0 Å². The number of nitrogens with zero attached hydrogens (tertiary/aromatic N) is 1. The molecule has 1 aliphatic rings. The molecular formula is C12H18ClN3. The number of halogens is 1. The number of nitrogens with one attached hydrogen (secondary N) is 2. The van der Waals surface area contributed by atoms with Crippen LogP contribution in [-0.4, -0.2) is 24.1 Å². The standard InChI is InChI=1S/C12H18ClN3/c13-12-5-4-10(8-16-12)7-14-9-11-3-1-2-6-15-11/h4-5,8,11,14-15H,1-3,6-7,9H2/t11-/m0/s1. The summed E-state index contributed by atoms with van der Waals surface area (Å²) >= 11 is 5.73. The van der Waals surface area contributed by atoms with Gasteiger partial charge in [0.2, 0.25) is 0 Å². The molecule has 0 radical (unpaired) electrons. The van der Waals surface area contributed by atoms with Gasteiger partial charge in [0.25, 0.3) is 0 Å². The summed E-state index contributed by atoms with van der Waals surface area (Å²) in [7, 11) is 0. The highest BCUT2D eigenvalue weighted by Gasteiger charge is 2.11. The molecule has 2 N–H and O–H groups in total. The summed E-state index contributed by atoms with van der Waals surface area (Å²) in [4.78, 5) is 4.05. The van der Waals surface area contributed by atoms with Crippen LogP contribution in [0.25, 0.3) is 0 Å². The van der Waals surface area contributed by atoms with Gasteiger partial charge in [0.1, 0.15) is 5.15 Å². The van der Waals surface area contributed by atoms with E-state index in [-0.39, 0.29) is 0 Å². The number of rotatable bonds is 4. The van der Waals surface area contributed by atoms with Gasteiger partial charge in [-0.05, 0) is 31.0 Å². The molecule has 2 rings (SSSR count). The van der Waals surface area contributed by atoms with Gasteiger partial charge in [-0.15, -0.1) is 0 Å². The average Bonchev–Trinajstić information content (AvgIpc) is 2.33. The number of aromatic nitrogens is 1. The topological polar surface area (TPSA) is 37.0 Å². The molecule has 1 atom stereocenters. The maximum absolute atomic E-state index is 5.73. The van der Waals surface area contributed by atoms with E-state index in [9.17, 15) is 0 Å². The van der Waals surface area contributed by atoms with Gasteiger partial charge in [0.05, 0.1) is 0 Å². The Bertz CT molecular complexity index is 307. The second-order valence-electron chi connectivity index (χ2n) is 4.27. The van der Waals surface area contributed by atoms with E-state index >= 15 is 0 Å². The van der Waals surface area contributed by atoms with Crippen LogP contribution in [-0.2, 0) is 6.54 Å². The van der Waals surface area contributed by atoms with Crippen molar-refractivity contribution in [3.63, 3.8) is 0 Å². The van der Waals surface area contributed by atoms with Gasteiger partial charge < -0.3 is 10.6 Å². The number of pyridine rings is 1. The molecule has 1 saturated heterocycles. The highest BCUT2D eigenvalue weighted by molar-refractivity contribution is 6.29. The van der Waals surface area contributed by atoms with Gasteiger partial charge in [0.15, 0.2) is 0 Å². The zero-order valence-electron chi connectivity index (χ0n) is 9.38. The van der Waals surface area contributed by atoms with Gasteiger partial charge in [0, 0.05) is 25.3 Å². The predicted octanol–water partition coefficient (Wildman–Crippen LogP) is 1.97. The van der Waals surface area contributed by atoms with Crippen LogP contribution < -0.4 is 10.6 Å². The summed E-state index contributed by atoms with van der Waals surface area (Å²) in [6.45, 7) is 3.06. The smallest absolute Gasteiger partial charge is 0.129 e. The number of hydrogen-bond donors (Lipinski definition) is 2. The summed E-state index contributed by atoms with van der Waals surface area (Å²) in [5.74, 6) is 0. The van der Waals surface area contributed by atoms with Crippen molar-refractivity contribution in [2.24, 2.45) is 0 Å². The van der Waals surface area contributed by atoms with Crippen LogP contribution in [0.1, 0.15) is 24.8 Å². The molecular weight excluding hydrogens is 222 g/mol. The predicted molar refractivity (Wildman–Crippen MR) is 66.6 cm³/mol. The van der Waals surface area contributed by atoms with Gasteiger partial charge in [-0.1, -0.05) is 24.1 Å². The van der Waals surface area contributed by atoms with Gasteiger partial charge in [-0.3, -0.25) is 0 Å². The van der Waals surface area contributed by atoms with Crippen LogP contribution >= 0.6 is 11.6 Å². The normalized spacial score (nSPS) is 20.9. The maximum atomic E-state index is 5.73. The summed E-state index contributed by atoms with van der Waals surface area (Å²) < 4.78 is 0. The molecule has 0 amide bonds. The zero-order chi connectivity index (χ0) is 11.2. The maximum Gasteiger partial charge on any atom is 0.129 e. The SMILES string of the molecule is Clc1ccc(CNC[C@@H]2CCCCN2)cn1. The van der Waals surface area contributed by atoms with Crippen molar-refractivity contribution in [2.75, 3.05) is 13.1 Å². The Morgan fingerprint density at radius 1 is 1.44 bits per heavy atom. The molecule has 4 heteroatoms. The molecule has 16 heavy (non-hydrogen) atoms. The third-order valence-electron chi connectivity index (χ3n) is 2.92. The first kappa shape index (κ1) is 11.8. The fourth-order valence-corrected chi connectivity index (χ4v) is 2.11. The Hall–Kier alpha value is -0.640. The van der Waals surface area contributed by atoms with Crippen molar-refractivity contribution in [3.8, 4) is 0 Å². The Labute approximate surface area is 102 Å². The van der Waals surface area contributed by atoms with E-state index in [1.165, 1.54) is 24.8 Å². The third-order valence-corrected chi connectivity index (χ3v) is 3.14. The molecule has 0 spiro atoms. The van der Waals surface area contributed by atoms with Crippen molar-refractivity contribution in [2.45, 2.75) is 31.8 Å². The monoisotopic (exact) mass is 239 g/mol. The second kappa shape index (κ2) is 6.18. The van der Waals surface area contributed by atoms with E-state index in [4.69, 9.17) is 11.6 Å². The van der Waals surface area contributed by atoms with Crippen molar-refractivity contribution >= 4 is 11.6 Å². The number of hydrogen-bond acceptors (Lipinski definition) is 3. The van der Waals surface area contributed by atoms with Crippen LogP contribution in [0, 0.1) is 0 Å². The molecule has 0 aromatic carbocycles. The van der Waals surface area contributed by atoms with Crippen molar-refractivity contribution in [3.05, 3.63) is 29.0 Å². The van der Waals surface area contributed by atoms with E-state index < -0.39 is 0 Å². The highest BCUT2D eigenvalue weighted by Crippen LogP contribution is 2.07. The molecule has 2 heterocycles. The molecule has 0 aliphatic carbocycles. The fraction of sp³-hybridized carbons (Fsp3) is 0.583. The van der Waals surface area contributed by atoms with Crippen LogP contribution in [0.5, 0.6) is 0 Å². The van der Waals surface area contributed by atoms with Crippen molar-refractivity contribution in [1.82, 2.24) is 15.6 Å². The van der Waals surface area contributed by atoms with E-state index in [0.29, 0.717) is 11.2 Å². The van der Waals surface area contributed by atoms with Gasteiger partial charge in [-0.2, -0.15) is 0 Å². The van der Waals surface area contributed by atoms with Crippen LogP contribution in [0.3, 0.4) is 0 Å². The van der Waals surface area contributed by atoms with Crippen LogP contribution in [0.4, 0.5) is 0 Å². The summed E-state index contributed by atoms with van der Waals surface area (Å²) in [6.07, 6.45) is 5.77. The average molecular weight is 240 g/mol. The Morgan fingerprint density at radius 2 is 2.38 bits per heavy atom. The van der Waals surface area contributed by atoms with Gasteiger partial charge >= 0.3 is 0 Å². The lowest BCUT2D eigenvalue weighted by atomic mass is 10.1. The molecule has 0 bridgehead atoms. The lowest BCUT2D eigenvalue weighted by Gasteiger charge is -2.23. The number of piperidine rings is 1. The van der Waals surface area contributed by atoms with Crippen molar-refractivity contribution < 1.29 is 0 Å². The molecule has 3 nitrogen and oxygen atoms in total. The largest absolute Gasteiger partial charge is 0.313 e. The minimum atomic E-state index is 0.553. The third kappa shape index (κ3) is 3.74. The quantitative estimate of drug-likeness (QED) is 0.789. The Morgan fingerprint density at radius 3 is 3.06 bits per heavy atom.